The molecule has 0 radical (unpaired) electrons. The number of hydrogen-bond donors (Lipinski definition) is 0. The highest BCUT2D eigenvalue weighted by atomic mass is 32.2. The van der Waals surface area contributed by atoms with E-state index in [-0.39, 0.29) is 17.4 Å². The molecule has 132 valence electrons. The fourth-order valence-corrected chi connectivity index (χ4v) is 5.17. The summed E-state index contributed by atoms with van der Waals surface area (Å²) in [6, 6.07) is 0. The normalized spacial score (nSPS) is 19.8. The Labute approximate surface area is 144 Å². The minimum Gasteiger partial charge on any atom is -0.416 e. The van der Waals surface area contributed by atoms with Crippen LogP contribution in [0.15, 0.2) is 9.64 Å². The predicted octanol–water partition coefficient (Wildman–Crippen LogP) is 1.13. The molecule has 2 aromatic heterocycles. The molecule has 24 heavy (non-hydrogen) atoms. The molecule has 11 heteroatoms. The van der Waals surface area contributed by atoms with Crippen molar-refractivity contribution in [3.63, 3.8) is 0 Å². The number of aromatic nitrogens is 6. The SMILES string of the molecule is CCCCn1nnnc1CSc1nnc(CC2CCS(=O)(=O)C2)o1. The average molecular weight is 372 g/mol. The monoisotopic (exact) mass is 372 g/mol. The number of sulfone groups is 1. The lowest BCUT2D eigenvalue weighted by molar-refractivity contribution is 0.389. The van der Waals surface area contributed by atoms with Crippen molar-refractivity contribution in [2.75, 3.05) is 11.5 Å². The second-order valence-electron chi connectivity index (χ2n) is 5.90. The lowest BCUT2D eigenvalue weighted by Crippen LogP contribution is -2.07. The van der Waals surface area contributed by atoms with Gasteiger partial charge in [0, 0.05) is 13.0 Å². The lowest BCUT2D eigenvalue weighted by atomic mass is 10.1. The number of thioether (sulfide) groups is 1. The number of unbranched alkanes of at least 4 members (excludes halogenated alkanes) is 1. The first kappa shape index (κ1) is 17.3. The quantitative estimate of drug-likeness (QED) is 0.628. The fourth-order valence-electron chi connectivity index (χ4n) is 2.59. The van der Waals surface area contributed by atoms with Crippen LogP contribution < -0.4 is 0 Å². The third-order valence-corrected chi connectivity index (χ3v) is 6.54. The number of tetrazole rings is 1. The molecule has 0 aliphatic carbocycles. The Bertz CT molecular complexity index is 772. The summed E-state index contributed by atoms with van der Waals surface area (Å²) in [5, 5.41) is 20.2. The third kappa shape index (κ3) is 4.53. The van der Waals surface area contributed by atoms with E-state index in [0.29, 0.717) is 29.7 Å². The summed E-state index contributed by atoms with van der Waals surface area (Å²) < 4.78 is 30.4. The van der Waals surface area contributed by atoms with Gasteiger partial charge in [-0.05, 0) is 29.2 Å². The molecule has 0 saturated carbocycles. The van der Waals surface area contributed by atoms with Gasteiger partial charge in [-0.3, -0.25) is 0 Å². The van der Waals surface area contributed by atoms with Crippen LogP contribution in [-0.2, 0) is 28.6 Å². The lowest BCUT2D eigenvalue weighted by Gasteiger charge is -2.02. The molecular formula is C13H20N6O3S2. The van der Waals surface area contributed by atoms with Crippen LogP contribution in [0.25, 0.3) is 0 Å². The molecule has 0 aromatic carbocycles. The van der Waals surface area contributed by atoms with Crippen molar-refractivity contribution in [1.82, 2.24) is 30.4 Å². The van der Waals surface area contributed by atoms with Gasteiger partial charge in [-0.1, -0.05) is 25.1 Å². The molecule has 1 fully saturated rings. The third-order valence-electron chi connectivity index (χ3n) is 3.89. The van der Waals surface area contributed by atoms with Crippen LogP contribution in [0.2, 0.25) is 0 Å². The molecule has 0 N–H and O–H groups in total. The van der Waals surface area contributed by atoms with Crippen LogP contribution in [0, 0.1) is 5.92 Å². The van der Waals surface area contributed by atoms with E-state index in [4.69, 9.17) is 4.42 Å². The standard InChI is InChI=1S/C13H20N6O3S2/c1-2-3-5-19-11(14-17-18-19)8-23-13-16-15-12(22-13)7-10-4-6-24(20,21)9-10/h10H,2-9H2,1H3. The van der Waals surface area contributed by atoms with E-state index in [2.05, 4.69) is 32.6 Å². The molecule has 3 rings (SSSR count). The zero-order chi connectivity index (χ0) is 17.0. The van der Waals surface area contributed by atoms with Crippen LogP contribution >= 0.6 is 11.8 Å². The number of hydrogen-bond acceptors (Lipinski definition) is 9. The minimum atomic E-state index is -2.88. The van der Waals surface area contributed by atoms with Crippen molar-refractivity contribution in [3.8, 4) is 0 Å². The number of nitrogens with zero attached hydrogens (tertiary/aromatic N) is 6. The van der Waals surface area contributed by atoms with Gasteiger partial charge in [0.05, 0.1) is 17.3 Å². The van der Waals surface area contributed by atoms with Gasteiger partial charge in [-0.2, -0.15) is 0 Å². The molecule has 1 atom stereocenters. The van der Waals surface area contributed by atoms with Crippen molar-refractivity contribution in [3.05, 3.63) is 11.7 Å². The van der Waals surface area contributed by atoms with E-state index in [9.17, 15) is 8.42 Å². The zero-order valence-electron chi connectivity index (χ0n) is 13.5. The summed E-state index contributed by atoms with van der Waals surface area (Å²) in [5.41, 5.74) is 0. The first-order valence-electron chi connectivity index (χ1n) is 7.96. The summed E-state index contributed by atoms with van der Waals surface area (Å²) in [5.74, 6) is 2.36. The molecule has 3 heterocycles. The Balaban J connectivity index is 1.52. The van der Waals surface area contributed by atoms with Crippen LogP contribution in [0.1, 0.15) is 37.9 Å². The molecule has 0 bridgehead atoms. The van der Waals surface area contributed by atoms with Crippen LogP contribution in [-0.4, -0.2) is 50.3 Å². The summed E-state index contributed by atoms with van der Waals surface area (Å²) in [4.78, 5) is 0. The van der Waals surface area contributed by atoms with Gasteiger partial charge in [0.15, 0.2) is 15.7 Å². The highest BCUT2D eigenvalue weighted by Crippen LogP contribution is 2.25. The molecule has 1 aliphatic heterocycles. The van der Waals surface area contributed by atoms with Gasteiger partial charge >= 0.3 is 0 Å². The van der Waals surface area contributed by atoms with Crippen LogP contribution in [0.4, 0.5) is 0 Å². The highest BCUT2D eigenvalue weighted by molar-refractivity contribution is 7.98. The topological polar surface area (TPSA) is 117 Å². The van der Waals surface area contributed by atoms with E-state index < -0.39 is 9.84 Å². The zero-order valence-corrected chi connectivity index (χ0v) is 15.1. The number of aryl methyl sites for hydroxylation is 1. The van der Waals surface area contributed by atoms with Crippen molar-refractivity contribution < 1.29 is 12.8 Å². The molecule has 9 nitrogen and oxygen atoms in total. The first-order chi connectivity index (χ1) is 11.6. The molecule has 0 amide bonds. The summed E-state index contributed by atoms with van der Waals surface area (Å²) in [6.07, 6.45) is 3.29. The summed E-state index contributed by atoms with van der Waals surface area (Å²) in [6.45, 7) is 2.92. The largest absolute Gasteiger partial charge is 0.416 e. The maximum atomic E-state index is 11.5. The summed E-state index contributed by atoms with van der Waals surface area (Å²) >= 11 is 1.38. The van der Waals surface area contributed by atoms with E-state index in [1.807, 2.05) is 0 Å². The van der Waals surface area contributed by atoms with Gasteiger partial charge in [-0.15, -0.1) is 15.3 Å². The number of rotatable bonds is 8. The fraction of sp³-hybridized carbons (Fsp3) is 0.769. The van der Waals surface area contributed by atoms with Crippen molar-refractivity contribution in [2.24, 2.45) is 5.92 Å². The second-order valence-corrected chi connectivity index (χ2v) is 9.05. The maximum Gasteiger partial charge on any atom is 0.277 e. The Morgan fingerprint density at radius 2 is 2.21 bits per heavy atom. The highest BCUT2D eigenvalue weighted by Gasteiger charge is 2.29. The van der Waals surface area contributed by atoms with Crippen molar-refractivity contribution in [1.29, 1.82) is 0 Å². The molecule has 1 aliphatic rings. The van der Waals surface area contributed by atoms with Crippen molar-refractivity contribution in [2.45, 2.75) is 50.1 Å². The van der Waals surface area contributed by atoms with Gasteiger partial charge in [0.25, 0.3) is 5.22 Å². The molecule has 1 saturated heterocycles. The van der Waals surface area contributed by atoms with Gasteiger partial charge in [0.2, 0.25) is 5.89 Å². The minimum absolute atomic E-state index is 0.0784. The first-order valence-corrected chi connectivity index (χ1v) is 10.8. The van der Waals surface area contributed by atoms with E-state index in [0.717, 1.165) is 25.2 Å². The van der Waals surface area contributed by atoms with E-state index >= 15 is 0 Å². The molecule has 1 unspecified atom stereocenters. The van der Waals surface area contributed by atoms with Gasteiger partial charge in [0.1, 0.15) is 0 Å². The van der Waals surface area contributed by atoms with Gasteiger partial charge < -0.3 is 4.42 Å². The Morgan fingerprint density at radius 3 is 2.96 bits per heavy atom. The summed E-state index contributed by atoms with van der Waals surface area (Å²) in [7, 11) is -2.88. The van der Waals surface area contributed by atoms with E-state index in [1.165, 1.54) is 11.8 Å². The smallest absolute Gasteiger partial charge is 0.277 e. The molecular weight excluding hydrogens is 352 g/mol. The average Bonchev–Trinajstić information content (AvgIpc) is 3.24. The van der Waals surface area contributed by atoms with Gasteiger partial charge in [-0.25, -0.2) is 13.1 Å². The second kappa shape index (κ2) is 7.60. The maximum absolute atomic E-state index is 11.5. The molecule has 2 aromatic rings. The van der Waals surface area contributed by atoms with Crippen molar-refractivity contribution >= 4 is 21.6 Å². The van der Waals surface area contributed by atoms with E-state index in [1.54, 1.807) is 4.68 Å². The Morgan fingerprint density at radius 1 is 1.33 bits per heavy atom. The Kier molecular flexibility index (Phi) is 5.49. The Hall–Kier alpha value is -1.49. The predicted molar refractivity (Wildman–Crippen MR) is 87.0 cm³/mol. The molecule has 0 spiro atoms. The van der Waals surface area contributed by atoms with Crippen LogP contribution in [0.5, 0.6) is 0 Å². The van der Waals surface area contributed by atoms with Crippen LogP contribution in [0.3, 0.4) is 0 Å².